The Kier molecular flexibility index (Phi) is 4.15. The van der Waals surface area contributed by atoms with Crippen LogP contribution < -0.4 is 5.32 Å². The highest BCUT2D eigenvalue weighted by Crippen LogP contribution is 2.62. The molecule has 2 nitrogen and oxygen atoms in total. The Morgan fingerprint density at radius 3 is 2.56 bits per heavy atom. The van der Waals surface area contributed by atoms with Crippen molar-refractivity contribution in [2.75, 3.05) is 6.54 Å². The first kappa shape index (κ1) is 14.0. The minimum Gasteiger partial charge on any atom is -0.308 e. The molecule has 3 fully saturated rings. The molecular weight excluding hydrogens is 222 g/mol. The average Bonchev–Trinajstić information content (AvgIpc) is 2.37. The van der Waals surface area contributed by atoms with Gasteiger partial charge in [0.1, 0.15) is 5.78 Å². The zero-order valence-corrected chi connectivity index (χ0v) is 12.5. The van der Waals surface area contributed by atoms with Crippen LogP contribution in [-0.4, -0.2) is 18.4 Å². The van der Waals surface area contributed by atoms with Gasteiger partial charge in [0.15, 0.2) is 0 Å². The normalized spacial score (nSPS) is 34.8. The van der Waals surface area contributed by atoms with Crippen LogP contribution in [0.2, 0.25) is 0 Å². The third kappa shape index (κ3) is 2.36. The summed E-state index contributed by atoms with van der Waals surface area (Å²) in [6.07, 6.45) is 5.88. The Morgan fingerprint density at radius 2 is 2.06 bits per heavy atom. The van der Waals surface area contributed by atoms with Crippen LogP contribution in [0.1, 0.15) is 59.8 Å². The fraction of sp³-hybridized carbons (Fsp3) is 0.938. The van der Waals surface area contributed by atoms with E-state index in [9.17, 15) is 4.79 Å². The zero-order chi connectivity index (χ0) is 13.3. The minimum absolute atomic E-state index is 0.109. The van der Waals surface area contributed by atoms with E-state index in [1.54, 1.807) is 0 Å². The molecule has 3 aliphatic rings. The third-order valence-electron chi connectivity index (χ3n) is 5.73. The van der Waals surface area contributed by atoms with Crippen LogP contribution in [0, 0.1) is 23.2 Å². The van der Waals surface area contributed by atoms with Gasteiger partial charge >= 0.3 is 0 Å². The lowest BCUT2D eigenvalue weighted by molar-refractivity contribution is -0.126. The first-order chi connectivity index (χ1) is 8.50. The molecule has 3 aliphatic carbocycles. The molecule has 0 aromatic rings. The number of carbonyl (C=O) groups is 1. The highest BCUT2D eigenvalue weighted by atomic mass is 16.1. The number of carbonyl (C=O) groups excluding carboxylic acids is 1. The monoisotopic (exact) mass is 251 g/mol. The summed E-state index contributed by atoms with van der Waals surface area (Å²) in [5.41, 5.74) is 0.537. The molecule has 0 heterocycles. The van der Waals surface area contributed by atoms with Gasteiger partial charge in [-0.1, -0.05) is 27.7 Å². The smallest absolute Gasteiger partial charge is 0.149 e. The van der Waals surface area contributed by atoms with E-state index in [0.29, 0.717) is 17.6 Å². The molecule has 2 bridgehead atoms. The van der Waals surface area contributed by atoms with Gasteiger partial charge < -0.3 is 5.32 Å². The number of ketones is 1. The van der Waals surface area contributed by atoms with Gasteiger partial charge in [-0.25, -0.2) is 0 Å². The number of nitrogens with one attached hydrogen (secondary N) is 1. The second-order valence-electron chi connectivity index (χ2n) is 6.86. The van der Waals surface area contributed by atoms with Gasteiger partial charge in [0.2, 0.25) is 0 Å². The Bertz CT molecular complexity index is 308. The second-order valence-corrected chi connectivity index (χ2v) is 6.86. The molecular formula is C16H29NO. The SMILES string of the molecule is CCNC(CC1CCC2CC1C2(C)C)C(=O)CC. The van der Waals surface area contributed by atoms with Crippen LogP contribution >= 0.6 is 0 Å². The maximum atomic E-state index is 12.0. The van der Waals surface area contributed by atoms with Crippen molar-refractivity contribution >= 4 is 5.78 Å². The van der Waals surface area contributed by atoms with Crippen molar-refractivity contribution < 1.29 is 4.79 Å². The van der Waals surface area contributed by atoms with Gasteiger partial charge in [0, 0.05) is 6.42 Å². The summed E-state index contributed by atoms with van der Waals surface area (Å²) in [6, 6.07) is 0.109. The van der Waals surface area contributed by atoms with Crippen LogP contribution in [0.5, 0.6) is 0 Å². The second kappa shape index (κ2) is 5.32. The van der Waals surface area contributed by atoms with E-state index in [1.165, 1.54) is 19.3 Å². The molecule has 4 atom stereocenters. The van der Waals surface area contributed by atoms with Crippen molar-refractivity contribution in [2.45, 2.75) is 65.8 Å². The maximum absolute atomic E-state index is 12.0. The summed E-state index contributed by atoms with van der Waals surface area (Å²) in [7, 11) is 0. The summed E-state index contributed by atoms with van der Waals surface area (Å²) in [6.45, 7) is 9.85. The van der Waals surface area contributed by atoms with Gasteiger partial charge in [-0.05, 0) is 55.4 Å². The minimum atomic E-state index is 0.109. The van der Waals surface area contributed by atoms with Crippen LogP contribution in [0.15, 0.2) is 0 Å². The number of rotatable bonds is 6. The first-order valence-electron chi connectivity index (χ1n) is 7.76. The number of fused-ring (bicyclic) bond motifs is 2. The van der Waals surface area contributed by atoms with Crippen molar-refractivity contribution in [1.29, 1.82) is 0 Å². The Hall–Kier alpha value is -0.370. The Labute approximate surface area is 112 Å². The molecule has 0 saturated heterocycles. The predicted molar refractivity (Wildman–Crippen MR) is 75.5 cm³/mol. The largest absolute Gasteiger partial charge is 0.308 e. The molecule has 1 N–H and O–H groups in total. The van der Waals surface area contributed by atoms with E-state index in [2.05, 4.69) is 26.1 Å². The number of likely N-dealkylation sites (N-methyl/N-ethyl adjacent to an activating group) is 1. The fourth-order valence-electron chi connectivity index (χ4n) is 4.37. The molecule has 4 unspecified atom stereocenters. The number of hydrogen-bond acceptors (Lipinski definition) is 2. The molecule has 0 spiro atoms. The summed E-state index contributed by atoms with van der Waals surface area (Å²) in [4.78, 5) is 12.0. The zero-order valence-electron chi connectivity index (χ0n) is 12.5. The molecule has 0 radical (unpaired) electrons. The predicted octanol–water partition coefficient (Wildman–Crippen LogP) is 3.41. The highest BCUT2D eigenvalue weighted by Gasteiger charge is 2.54. The van der Waals surface area contributed by atoms with Crippen molar-refractivity contribution in [3.05, 3.63) is 0 Å². The molecule has 0 aromatic heterocycles. The lowest BCUT2D eigenvalue weighted by Gasteiger charge is -2.60. The molecule has 3 saturated carbocycles. The van der Waals surface area contributed by atoms with Crippen LogP contribution in [0.25, 0.3) is 0 Å². The standard InChI is InChI=1S/C16H29NO/c1-5-15(18)14(17-6-2)9-11-7-8-12-10-13(11)16(12,3)4/h11-14,17H,5-10H2,1-4H3. The highest BCUT2D eigenvalue weighted by molar-refractivity contribution is 5.83. The molecule has 18 heavy (non-hydrogen) atoms. The molecule has 104 valence electrons. The number of Topliss-reactive ketones (excluding diaryl/α,β-unsaturated/α-hetero) is 1. The Balaban J connectivity index is 1.97. The third-order valence-corrected chi connectivity index (χ3v) is 5.73. The van der Waals surface area contributed by atoms with E-state index in [-0.39, 0.29) is 6.04 Å². The number of hydrogen-bond donors (Lipinski definition) is 1. The average molecular weight is 251 g/mol. The topological polar surface area (TPSA) is 29.1 Å². The van der Waals surface area contributed by atoms with Crippen molar-refractivity contribution in [1.82, 2.24) is 5.32 Å². The van der Waals surface area contributed by atoms with Gasteiger partial charge in [0.05, 0.1) is 6.04 Å². The molecule has 2 heteroatoms. The van der Waals surface area contributed by atoms with Crippen molar-refractivity contribution in [3.63, 3.8) is 0 Å². The summed E-state index contributed by atoms with van der Waals surface area (Å²) in [5, 5.41) is 3.40. The van der Waals surface area contributed by atoms with Crippen LogP contribution in [0.3, 0.4) is 0 Å². The molecule has 0 aromatic carbocycles. The van der Waals surface area contributed by atoms with E-state index in [4.69, 9.17) is 0 Å². The Morgan fingerprint density at radius 1 is 1.33 bits per heavy atom. The lowest BCUT2D eigenvalue weighted by atomic mass is 9.45. The van der Waals surface area contributed by atoms with Gasteiger partial charge in [-0.3, -0.25) is 4.79 Å². The first-order valence-corrected chi connectivity index (χ1v) is 7.76. The van der Waals surface area contributed by atoms with Gasteiger partial charge in [-0.15, -0.1) is 0 Å². The van der Waals surface area contributed by atoms with Crippen molar-refractivity contribution in [3.8, 4) is 0 Å². The van der Waals surface area contributed by atoms with E-state index in [0.717, 1.165) is 30.7 Å². The lowest BCUT2D eigenvalue weighted by Crippen LogP contribution is -2.54. The van der Waals surface area contributed by atoms with Crippen LogP contribution in [-0.2, 0) is 4.79 Å². The van der Waals surface area contributed by atoms with E-state index in [1.807, 2.05) is 6.92 Å². The summed E-state index contributed by atoms with van der Waals surface area (Å²) >= 11 is 0. The van der Waals surface area contributed by atoms with Gasteiger partial charge in [0.25, 0.3) is 0 Å². The van der Waals surface area contributed by atoms with E-state index >= 15 is 0 Å². The fourth-order valence-corrected chi connectivity index (χ4v) is 4.37. The quantitative estimate of drug-likeness (QED) is 0.784. The van der Waals surface area contributed by atoms with E-state index < -0.39 is 0 Å². The summed E-state index contributed by atoms with van der Waals surface area (Å²) < 4.78 is 0. The van der Waals surface area contributed by atoms with Gasteiger partial charge in [-0.2, -0.15) is 0 Å². The molecule has 0 aliphatic heterocycles. The summed E-state index contributed by atoms with van der Waals surface area (Å²) in [5.74, 6) is 2.99. The van der Waals surface area contributed by atoms with Crippen molar-refractivity contribution in [2.24, 2.45) is 23.2 Å². The molecule has 0 amide bonds. The molecule has 3 rings (SSSR count). The van der Waals surface area contributed by atoms with Crippen LogP contribution in [0.4, 0.5) is 0 Å². The maximum Gasteiger partial charge on any atom is 0.149 e.